The van der Waals surface area contributed by atoms with E-state index in [2.05, 4.69) is 152 Å². The van der Waals surface area contributed by atoms with Crippen LogP contribution in [0.5, 0.6) is 5.75 Å². The molecule has 7 aromatic rings. The molecule has 252 valence electrons. The Bertz CT molecular complexity index is 2440. The molecule has 1 N–H and O–H groups in total. The summed E-state index contributed by atoms with van der Waals surface area (Å²) in [5.41, 5.74) is 9.67. The van der Waals surface area contributed by atoms with Crippen LogP contribution in [0.25, 0.3) is 53.6 Å². The lowest BCUT2D eigenvalue weighted by molar-refractivity contribution is 0.444. The Hall–Kier alpha value is -4.87. The number of aromatic nitrogens is 2. The number of benzene rings is 5. The van der Waals surface area contributed by atoms with Crippen molar-refractivity contribution in [2.75, 3.05) is 0 Å². The van der Waals surface area contributed by atoms with Crippen LogP contribution in [0.4, 0.5) is 5.69 Å². The summed E-state index contributed by atoms with van der Waals surface area (Å²) in [6.07, 6.45) is 3.68. The zero-order valence-electron chi connectivity index (χ0n) is 30.5. The number of thiazole rings is 1. The maximum atomic E-state index is 11.6. The van der Waals surface area contributed by atoms with E-state index in [0.717, 1.165) is 70.4 Å². The standard InChI is InChI=1S/C45H45N3OS/c1-43(2,3)29-22-28(41(49)36(24-29)45(7,8)9)26-47-39-31-15-11-10-14-27(31)19-20-34(39)42-48-40-35(23-30(44(4,5)6)25-38(40)50-42)32-16-12-18-37-33(32)17-13-21-46-37/h10-26,49H,1-9H3. The van der Waals surface area contributed by atoms with Gasteiger partial charge in [-0.05, 0) is 74.7 Å². The van der Waals surface area contributed by atoms with Gasteiger partial charge >= 0.3 is 0 Å². The minimum atomic E-state index is -0.233. The molecule has 2 heterocycles. The molecule has 2 aromatic heterocycles. The Morgan fingerprint density at radius 2 is 1.38 bits per heavy atom. The zero-order chi connectivity index (χ0) is 35.6. The summed E-state index contributed by atoms with van der Waals surface area (Å²) in [6.45, 7) is 19.8. The number of pyridine rings is 1. The second-order valence-corrected chi connectivity index (χ2v) is 17.4. The fourth-order valence-electron chi connectivity index (χ4n) is 6.58. The number of phenolic OH excluding ortho intramolecular Hbond substituents is 1. The second kappa shape index (κ2) is 12.2. The normalized spacial score (nSPS) is 12.9. The predicted molar refractivity (Wildman–Crippen MR) is 215 cm³/mol. The van der Waals surface area contributed by atoms with Gasteiger partial charge in [0.1, 0.15) is 10.8 Å². The molecule has 0 fully saturated rings. The Labute approximate surface area is 299 Å². The van der Waals surface area contributed by atoms with Gasteiger partial charge in [0.2, 0.25) is 0 Å². The van der Waals surface area contributed by atoms with Crippen LogP contribution in [0.1, 0.15) is 84.6 Å². The number of aliphatic imine (C=N–C) groups is 1. The number of aromatic hydroxyl groups is 1. The summed E-state index contributed by atoms with van der Waals surface area (Å²) in [6, 6.07) is 32.0. The molecule has 0 unspecified atom stereocenters. The van der Waals surface area contributed by atoms with E-state index >= 15 is 0 Å². The number of phenols is 1. The van der Waals surface area contributed by atoms with Crippen LogP contribution in [0.15, 0.2) is 102 Å². The van der Waals surface area contributed by atoms with Gasteiger partial charge in [0, 0.05) is 45.4 Å². The molecule has 5 aromatic carbocycles. The molecule has 4 nitrogen and oxygen atoms in total. The van der Waals surface area contributed by atoms with Crippen LogP contribution in [-0.4, -0.2) is 21.3 Å². The SMILES string of the molecule is CC(C)(C)c1cc(C=Nc2c(-c3nc4c(-c5cccc6ncccc56)cc(C(C)(C)C)cc4s3)ccc3ccccc23)c(O)c(C(C)(C)C)c1. The van der Waals surface area contributed by atoms with Crippen molar-refractivity contribution in [1.29, 1.82) is 0 Å². The number of nitrogens with zero attached hydrogens (tertiary/aromatic N) is 3. The fraction of sp³-hybridized carbons (Fsp3) is 0.267. The van der Waals surface area contributed by atoms with Crippen LogP contribution in [-0.2, 0) is 16.2 Å². The maximum absolute atomic E-state index is 11.6. The van der Waals surface area contributed by atoms with Crippen molar-refractivity contribution < 1.29 is 5.11 Å². The van der Waals surface area contributed by atoms with Crippen molar-refractivity contribution in [3.05, 3.63) is 119 Å². The first-order chi connectivity index (χ1) is 23.6. The van der Waals surface area contributed by atoms with Crippen molar-refractivity contribution in [3.63, 3.8) is 0 Å². The lowest BCUT2D eigenvalue weighted by atomic mass is 9.79. The Kier molecular flexibility index (Phi) is 8.18. The van der Waals surface area contributed by atoms with Crippen molar-refractivity contribution in [2.24, 2.45) is 4.99 Å². The second-order valence-electron chi connectivity index (χ2n) is 16.4. The Morgan fingerprint density at radius 1 is 0.660 bits per heavy atom. The van der Waals surface area contributed by atoms with E-state index in [1.165, 1.54) is 5.56 Å². The quantitative estimate of drug-likeness (QED) is 0.189. The van der Waals surface area contributed by atoms with Crippen molar-refractivity contribution >= 4 is 55.1 Å². The van der Waals surface area contributed by atoms with Gasteiger partial charge in [0.05, 0.1) is 21.4 Å². The molecule has 0 radical (unpaired) electrons. The zero-order valence-corrected chi connectivity index (χ0v) is 31.3. The molecule has 0 atom stereocenters. The monoisotopic (exact) mass is 675 g/mol. The summed E-state index contributed by atoms with van der Waals surface area (Å²) in [7, 11) is 0. The third-order valence-corrected chi connectivity index (χ3v) is 10.6. The lowest BCUT2D eigenvalue weighted by Crippen LogP contribution is -2.17. The smallest absolute Gasteiger partial charge is 0.128 e. The molecule has 7 rings (SSSR count). The van der Waals surface area contributed by atoms with Gasteiger partial charge in [-0.3, -0.25) is 9.98 Å². The van der Waals surface area contributed by atoms with Crippen LogP contribution in [0.3, 0.4) is 0 Å². The average molecular weight is 676 g/mol. The molecule has 0 amide bonds. The molecule has 0 saturated heterocycles. The highest BCUT2D eigenvalue weighted by Gasteiger charge is 2.25. The van der Waals surface area contributed by atoms with Gasteiger partial charge in [-0.25, -0.2) is 4.98 Å². The number of hydrogen-bond donors (Lipinski definition) is 1. The van der Waals surface area contributed by atoms with Gasteiger partial charge in [0.25, 0.3) is 0 Å². The first kappa shape index (κ1) is 33.6. The first-order valence-corrected chi connectivity index (χ1v) is 18.1. The highest BCUT2D eigenvalue weighted by molar-refractivity contribution is 7.21. The summed E-state index contributed by atoms with van der Waals surface area (Å²) in [4.78, 5) is 15.3. The summed E-state index contributed by atoms with van der Waals surface area (Å²) in [5.74, 6) is 0.278. The lowest BCUT2D eigenvalue weighted by Gasteiger charge is -2.27. The van der Waals surface area contributed by atoms with Crippen molar-refractivity contribution in [3.8, 4) is 27.4 Å². The van der Waals surface area contributed by atoms with Crippen LogP contribution >= 0.6 is 11.3 Å². The molecule has 0 spiro atoms. The van der Waals surface area contributed by atoms with E-state index in [-0.39, 0.29) is 22.0 Å². The van der Waals surface area contributed by atoms with Gasteiger partial charge in [-0.1, -0.05) is 117 Å². The van der Waals surface area contributed by atoms with Crippen molar-refractivity contribution in [1.82, 2.24) is 9.97 Å². The van der Waals surface area contributed by atoms with Gasteiger partial charge in [-0.2, -0.15) is 0 Å². The molecule has 0 aliphatic carbocycles. The molecular formula is C45H45N3OS. The first-order valence-electron chi connectivity index (χ1n) is 17.3. The number of fused-ring (bicyclic) bond motifs is 3. The van der Waals surface area contributed by atoms with E-state index in [1.54, 1.807) is 11.3 Å². The van der Waals surface area contributed by atoms with Crippen molar-refractivity contribution in [2.45, 2.75) is 78.6 Å². The summed E-state index contributed by atoms with van der Waals surface area (Å²) < 4.78 is 1.14. The third kappa shape index (κ3) is 6.20. The van der Waals surface area contributed by atoms with Crippen LogP contribution in [0.2, 0.25) is 0 Å². The van der Waals surface area contributed by atoms with Gasteiger partial charge < -0.3 is 5.11 Å². The van der Waals surface area contributed by atoms with Crippen LogP contribution < -0.4 is 0 Å². The van der Waals surface area contributed by atoms with Crippen LogP contribution in [0, 0.1) is 0 Å². The molecular weight excluding hydrogens is 631 g/mol. The highest BCUT2D eigenvalue weighted by Crippen LogP contribution is 2.45. The van der Waals surface area contributed by atoms with Gasteiger partial charge in [0.15, 0.2) is 0 Å². The minimum Gasteiger partial charge on any atom is -0.507 e. The van der Waals surface area contributed by atoms with Gasteiger partial charge in [-0.15, -0.1) is 11.3 Å². The molecule has 0 bridgehead atoms. The molecule has 50 heavy (non-hydrogen) atoms. The topological polar surface area (TPSA) is 58.4 Å². The largest absolute Gasteiger partial charge is 0.507 e. The van der Waals surface area contributed by atoms with E-state index in [4.69, 9.17) is 9.98 Å². The predicted octanol–water partition coefficient (Wildman–Crippen LogP) is 12.7. The Morgan fingerprint density at radius 3 is 2.12 bits per heavy atom. The Balaban J connectivity index is 1.47. The molecule has 0 saturated carbocycles. The molecule has 5 heteroatoms. The van der Waals surface area contributed by atoms with E-state index in [1.807, 2.05) is 18.5 Å². The molecule has 0 aliphatic heterocycles. The maximum Gasteiger partial charge on any atom is 0.128 e. The summed E-state index contributed by atoms with van der Waals surface area (Å²) >= 11 is 1.70. The summed E-state index contributed by atoms with van der Waals surface area (Å²) in [5, 5.41) is 15.8. The average Bonchev–Trinajstić information content (AvgIpc) is 3.50. The van der Waals surface area contributed by atoms with E-state index < -0.39 is 0 Å². The third-order valence-electron chi connectivity index (χ3n) is 9.57. The fourth-order valence-corrected chi connectivity index (χ4v) is 7.64. The number of hydrogen-bond acceptors (Lipinski definition) is 5. The van der Waals surface area contributed by atoms with E-state index in [0.29, 0.717) is 5.56 Å². The molecule has 0 aliphatic rings. The highest BCUT2D eigenvalue weighted by atomic mass is 32.1. The number of rotatable bonds is 4. The minimum absolute atomic E-state index is 0.0518. The van der Waals surface area contributed by atoms with E-state index in [9.17, 15) is 5.11 Å².